The molecule has 0 aliphatic carbocycles. The molecule has 2 saturated heterocycles. The van der Waals surface area contributed by atoms with Gasteiger partial charge in [0.15, 0.2) is 0 Å². The molecule has 2 heterocycles. The molecular weight excluding hydrogens is 610 g/mol. The van der Waals surface area contributed by atoms with E-state index in [0.717, 1.165) is 22.4 Å². The van der Waals surface area contributed by atoms with Crippen molar-refractivity contribution in [3.63, 3.8) is 0 Å². The smallest absolute Gasteiger partial charge is 0.334 e. The topological polar surface area (TPSA) is 55.9 Å². The Kier molecular flexibility index (Phi) is 9.78. The largest absolute Gasteiger partial charge is 0.416 e. The summed E-state index contributed by atoms with van der Waals surface area (Å²) in [6.45, 7) is 6.64. The summed E-state index contributed by atoms with van der Waals surface area (Å²) in [5, 5.41) is 3.00. The van der Waals surface area contributed by atoms with E-state index in [4.69, 9.17) is 0 Å². The highest BCUT2D eigenvalue weighted by Crippen LogP contribution is 2.37. The molecule has 0 bridgehead atoms. The van der Waals surface area contributed by atoms with Gasteiger partial charge in [0.1, 0.15) is 0 Å². The maximum absolute atomic E-state index is 13.7. The summed E-state index contributed by atoms with van der Waals surface area (Å²) in [6, 6.07) is 15.6. The number of alkyl halides is 6. The van der Waals surface area contributed by atoms with Crippen LogP contribution in [0.4, 0.5) is 32.0 Å². The van der Waals surface area contributed by atoms with Gasteiger partial charge in [0.2, 0.25) is 5.91 Å². The van der Waals surface area contributed by atoms with Gasteiger partial charge in [0, 0.05) is 56.1 Å². The van der Waals surface area contributed by atoms with Gasteiger partial charge in [0.05, 0.1) is 17.7 Å². The van der Waals surface area contributed by atoms with Crippen molar-refractivity contribution in [3.05, 3.63) is 100 Å². The van der Waals surface area contributed by atoms with Crippen LogP contribution < -0.4 is 5.32 Å². The fourth-order valence-electron chi connectivity index (χ4n) is 6.41. The molecule has 2 fully saturated rings. The van der Waals surface area contributed by atoms with E-state index in [0.29, 0.717) is 51.2 Å². The predicted molar refractivity (Wildman–Crippen MR) is 162 cm³/mol. The number of carbonyl (C=O) groups excluding carboxylic acids is 2. The number of aryl methyl sites for hydroxylation is 2. The number of benzene rings is 3. The summed E-state index contributed by atoms with van der Waals surface area (Å²) in [7, 11) is 0. The van der Waals surface area contributed by atoms with Gasteiger partial charge < -0.3 is 10.2 Å². The summed E-state index contributed by atoms with van der Waals surface area (Å²) >= 11 is 0. The summed E-state index contributed by atoms with van der Waals surface area (Å²) in [4.78, 5) is 32.2. The first-order chi connectivity index (χ1) is 21.7. The molecule has 246 valence electrons. The second-order valence-electron chi connectivity index (χ2n) is 12.1. The van der Waals surface area contributed by atoms with Crippen molar-refractivity contribution in [2.24, 2.45) is 0 Å². The van der Waals surface area contributed by atoms with E-state index in [1.807, 2.05) is 67.3 Å². The number of amides is 2. The molecular formula is C34H36F6N4O2. The Morgan fingerprint density at radius 2 is 1.39 bits per heavy atom. The Balaban J connectivity index is 1.30. The van der Waals surface area contributed by atoms with E-state index in [-0.39, 0.29) is 31.1 Å². The minimum atomic E-state index is -5.05. The lowest BCUT2D eigenvalue weighted by Gasteiger charge is -2.37. The van der Waals surface area contributed by atoms with Crippen LogP contribution in [0.15, 0.2) is 66.7 Å². The monoisotopic (exact) mass is 646 g/mol. The number of para-hydroxylation sites is 1. The van der Waals surface area contributed by atoms with Crippen LogP contribution in [0.25, 0.3) is 0 Å². The van der Waals surface area contributed by atoms with E-state index < -0.39 is 41.0 Å². The first kappa shape index (κ1) is 33.5. The lowest BCUT2D eigenvalue weighted by molar-refractivity contribution is -0.143. The SMILES string of the molecule is Cc1cccc(C)c1NC(=O)CN1CCN([C@@H]2C[C@H](Cc3ccccc3)N(C(=O)c3cc(C(F)(F)F)cc(C(F)(F)F)c3)C2)CC1. The van der Waals surface area contributed by atoms with Crippen LogP contribution in [0.3, 0.4) is 0 Å². The van der Waals surface area contributed by atoms with E-state index >= 15 is 0 Å². The van der Waals surface area contributed by atoms with Gasteiger partial charge in [-0.1, -0.05) is 48.5 Å². The van der Waals surface area contributed by atoms with Crippen molar-refractivity contribution in [1.82, 2.24) is 14.7 Å². The van der Waals surface area contributed by atoms with Crippen molar-refractivity contribution in [2.45, 2.75) is 51.1 Å². The molecule has 2 aliphatic heterocycles. The first-order valence-electron chi connectivity index (χ1n) is 15.2. The van der Waals surface area contributed by atoms with Gasteiger partial charge >= 0.3 is 12.4 Å². The fraction of sp³-hybridized carbons (Fsp3) is 0.412. The lowest BCUT2D eigenvalue weighted by Crippen LogP contribution is -2.52. The molecule has 2 atom stereocenters. The first-order valence-corrected chi connectivity index (χ1v) is 15.2. The van der Waals surface area contributed by atoms with Gasteiger partial charge in [-0.3, -0.25) is 19.4 Å². The van der Waals surface area contributed by atoms with E-state index in [2.05, 4.69) is 10.2 Å². The average molecular weight is 647 g/mol. The molecule has 46 heavy (non-hydrogen) atoms. The third kappa shape index (κ3) is 7.90. The van der Waals surface area contributed by atoms with Gasteiger partial charge in [0.25, 0.3) is 5.91 Å². The zero-order valence-electron chi connectivity index (χ0n) is 25.6. The predicted octanol–water partition coefficient (Wildman–Crippen LogP) is 6.42. The van der Waals surface area contributed by atoms with Crippen LogP contribution >= 0.6 is 0 Å². The molecule has 2 aliphatic rings. The second-order valence-corrected chi connectivity index (χ2v) is 12.1. The lowest BCUT2D eigenvalue weighted by atomic mass is 10.0. The number of carbonyl (C=O) groups is 2. The number of likely N-dealkylation sites (tertiary alicyclic amines) is 1. The van der Waals surface area contributed by atoms with Crippen LogP contribution in [-0.2, 0) is 23.6 Å². The summed E-state index contributed by atoms with van der Waals surface area (Å²) in [5.41, 5.74) is -0.00934. The molecule has 2 amide bonds. The Morgan fingerprint density at radius 3 is 1.96 bits per heavy atom. The highest BCUT2D eigenvalue weighted by Gasteiger charge is 2.42. The molecule has 1 N–H and O–H groups in total. The van der Waals surface area contributed by atoms with Gasteiger partial charge in [-0.05, 0) is 61.6 Å². The molecule has 3 aromatic carbocycles. The molecule has 12 heteroatoms. The van der Waals surface area contributed by atoms with E-state index in [1.54, 1.807) is 0 Å². The second kappa shape index (κ2) is 13.4. The van der Waals surface area contributed by atoms with Gasteiger partial charge in [-0.25, -0.2) is 0 Å². The third-order valence-electron chi connectivity index (χ3n) is 8.84. The van der Waals surface area contributed by atoms with Crippen LogP contribution in [0, 0.1) is 13.8 Å². The molecule has 3 aromatic rings. The molecule has 0 saturated carbocycles. The van der Waals surface area contributed by atoms with E-state index in [9.17, 15) is 35.9 Å². The molecule has 0 radical (unpaired) electrons. The quantitative estimate of drug-likeness (QED) is 0.301. The number of hydrogen-bond donors (Lipinski definition) is 1. The van der Waals surface area contributed by atoms with Crippen molar-refractivity contribution in [2.75, 3.05) is 44.6 Å². The Morgan fingerprint density at radius 1 is 0.804 bits per heavy atom. The Hall–Kier alpha value is -3.90. The highest BCUT2D eigenvalue weighted by molar-refractivity contribution is 5.95. The van der Waals surface area contributed by atoms with Crippen LogP contribution in [0.2, 0.25) is 0 Å². The van der Waals surface area contributed by atoms with Crippen LogP contribution in [0.5, 0.6) is 0 Å². The van der Waals surface area contributed by atoms with E-state index in [1.165, 1.54) is 4.90 Å². The zero-order valence-corrected chi connectivity index (χ0v) is 25.6. The summed E-state index contributed by atoms with van der Waals surface area (Å²) in [6.07, 6.45) is -9.18. The van der Waals surface area contributed by atoms with Crippen molar-refractivity contribution in [3.8, 4) is 0 Å². The molecule has 0 aromatic heterocycles. The average Bonchev–Trinajstić information content (AvgIpc) is 3.42. The normalized spacial score (nSPS) is 19.8. The fourth-order valence-corrected chi connectivity index (χ4v) is 6.41. The maximum Gasteiger partial charge on any atom is 0.416 e. The summed E-state index contributed by atoms with van der Waals surface area (Å²) in [5.74, 6) is -0.979. The number of nitrogens with one attached hydrogen (secondary N) is 1. The maximum atomic E-state index is 13.7. The van der Waals surface area contributed by atoms with Gasteiger partial charge in [-0.2, -0.15) is 26.3 Å². The molecule has 0 unspecified atom stereocenters. The van der Waals surface area contributed by atoms with Crippen molar-refractivity contribution >= 4 is 17.5 Å². The third-order valence-corrected chi connectivity index (χ3v) is 8.84. The minimum absolute atomic E-state index is 0.0347. The van der Waals surface area contributed by atoms with Crippen LogP contribution in [-0.4, -0.2) is 77.9 Å². The van der Waals surface area contributed by atoms with Crippen LogP contribution in [0.1, 0.15) is 44.6 Å². The molecule has 0 spiro atoms. The number of rotatable bonds is 7. The number of piperazine rings is 1. The Bertz CT molecular complexity index is 1500. The zero-order chi connectivity index (χ0) is 33.2. The number of hydrogen-bond acceptors (Lipinski definition) is 4. The summed E-state index contributed by atoms with van der Waals surface area (Å²) < 4.78 is 81.4. The molecule has 6 nitrogen and oxygen atoms in total. The minimum Gasteiger partial charge on any atom is -0.334 e. The number of anilines is 1. The molecule has 5 rings (SSSR count). The standard InChI is InChI=1S/C34H36F6N4O2/c1-22-7-6-8-23(2)31(22)41-30(45)21-42-11-13-43(14-12-42)29-19-28(15-24-9-4-3-5-10-24)44(20-29)32(46)25-16-26(33(35,36)37)18-27(17-25)34(38,39)40/h3-10,16-18,28-29H,11-15,19-21H2,1-2H3,(H,41,45)/t28-,29+/m0/s1. The van der Waals surface area contributed by atoms with Crippen molar-refractivity contribution in [1.29, 1.82) is 0 Å². The Labute approximate surface area is 264 Å². The van der Waals surface area contributed by atoms with Crippen molar-refractivity contribution < 1.29 is 35.9 Å². The number of nitrogens with zero attached hydrogens (tertiary/aromatic N) is 3. The van der Waals surface area contributed by atoms with Gasteiger partial charge in [-0.15, -0.1) is 0 Å². The highest BCUT2D eigenvalue weighted by atomic mass is 19.4. The number of halogens is 6.